The number of aromatic amines is 1. The Kier molecular flexibility index (Phi) is 4.05. The number of nitrogens with one attached hydrogen (secondary N) is 1. The van der Waals surface area contributed by atoms with Gasteiger partial charge in [0.2, 0.25) is 5.89 Å². The molecular weight excluding hydrogens is 328 g/mol. The summed E-state index contributed by atoms with van der Waals surface area (Å²) in [5, 5.41) is 5.15. The average Bonchev–Trinajstić information content (AvgIpc) is 3.27. The van der Waals surface area contributed by atoms with E-state index in [2.05, 4.69) is 41.1 Å². The molecule has 0 atom stereocenters. The van der Waals surface area contributed by atoms with E-state index in [1.54, 1.807) is 4.90 Å². The molecule has 0 unspecified atom stereocenters. The first-order chi connectivity index (χ1) is 12.5. The molecule has 1 N–H and O–H groups in total. The molecule has 0 spiro atoms. The summed E-state index contributed by atoms with van der Waals surface area (Å²) in [6, 6.07) is 4.26. The van der Waals surface area contributed by atoms with Crippen LogP contribution in [0.15, 0.2) is 16.7 Å². The number of carbonyl (C=O) groups excluding carboxylic acids is 1. The number of hydrogen-bond donors (Lipinski definition) is 1. The molecule has 1 aliphatic rings. The van der Waals surface area contributed by atoms with Crippen LogP contribution in [0.2, 0.25) is 0 Å². The highest BCUT2D eigenvalue weighted by Gasteiger charge is 2.30. The average molecular weight is 352 g/mol. The third kappa shape index (κ3) is 2.89. The maximum absolute atomic E-state index is 13.1. The van der Waals surface area contributed by atoms with Gasteiger partial charge in [0.15, 0.2) is 5.82 Å². The second kappa shape index (κ2) is 6.27. The summed E-state index contributed by atoms with van der Waals surface area (Å²) in [4.78, 5) is 22.7. The van der Waals surface area contributed by atoms with Crippen molar-refractivity contribution in [1.82, 2.24) is 20.0 Å². The molecule has 0 aliphatic heterocycles. The standard InChI is InChI=1S/C20H24N4O2/c1-5-24(10-16-21-19(26-23-16)14-6-7-14)20(25)18-13(4)15-9-11(2)8-12(3)17(15)22-18/h8-9,14,22H,5-7,10H2,1-4H3. The Morgan fingerprint density at radius 2 is 2.08 bits per heavy atom. The van der Waals surface area contributed by atoms with Crippen LogP contribution < -0.4 is 0 Å². The van der Waals surface area contributed by atoms with Crippen molar-refractivity contribution >= 4 is 16.8 Å². The second-order valence-corrected chi connectivity index (χ2v) is 7.27. The molecule has 6 heteroatoms. The maximum Gasteiger partial charge on any atom is 0.270 e. The van der Waals surface area contributed by atoms with Crippen LogP contribution in [0.1, 0.15) is 64.6 Å². The predicted octanol–water partition coefficient (Wildman–Crippen LogP) is 4.02. The zero-order valence-electron chi connectivity index (χ0n) is 15.7. The van der Waals surface area contributed by atoms with Gasteiger partial charge in [0, 0.05) is 23.4 Å². The molecule has 1 fully saturated rings. The molecule has 2 aromatic heterocycles. The zero-order chi connectivity index (χ0) is 18.4. The van der Waals surface area contributed by atoms with E-state index in [1.165, 1.54) is 5.56 Å². The number of fused-ring (bicyclic) bond motifs is 1. The minimum Gasteiger partial charge on any atom is -0.350 e. The fraction of sp³-hybridized carbons (Fsp3) is 0.450. The van der Waals surface area contributed by atoms with Crippen LogP contribution in [-0.4, -0.2) is 32.5 Å². The van der Waals surface area contributed by atoms with Crippen molar-refractivity contribution in [3.8, 4) is 0 Å². The van der Waals surface area contributed by atoms with Crippen LogP contribution in [-0.2, 0) is 6.54 Å². The van der Waals surface area contributed by atoms with Crippen LogP contribution in [0.4, 0.5) is 0 Å². The summed E-state index contributed by atoms with van der Waals surface area (Å²) in [5.74, 6) is 1.67. The van der Waals surface area contributed by atoms with Gasteiger partial charge in [-0.2, -0.15) is 4.98 Å². The summed E-state index contributed by atoms with van der Waals surface area (Å²) < 4.78 is 5.31. The van der Waals surface area contributed by atoms with Gasteiger partial charge in [0.1, 0.15) is 5.69 Å². The molecule has 26 heavy (non-hydrogen) atoms. The van der Waals surface area contributed by atoms with Gasteiger partial charge in [-0.15, -0.1) is 0 Å². The number of nitrogens with zero attached hydrogens (tertiary/aromatic N) is 3. The molecule has 1 amide bonds. The topological polar surface area (TPSA) is 75.0 Å². The van der Waals surface area contributed by atoms with E-state index >= 15 is 0 Å². The number of H-pyrrole nitrogens is 1. The van der Waals surface area contributed by atoms with E-state index in [4.69, 9.17) is 4.52 Å². The monoisotopic (exact) mass is 352 g/mol. The van der Waals surface area contributed by atoms with Crippen molar-refractivity contribution in [2.45, 2.75) is 53.0 Å². The van der Waals surface area contributed by atoms with Gasteiger partial charge in [0.25, 0.3) is 5.91 Å². The van der Waals surface area contributed by atoms with Crippen molar-refractivity contribution in [1.29, 1.82) is 0 Å². The van der Waals surface area contributed by atoms with E-state index in [-0.39, 0.29) is 5.91 Å². The number of aromatic nitrogens is 3. The zero-order valence-corrected chi connectivity index (χ0v) is 15.7. The van der Waals surface area contributed by atoms with E-state index in [9.17, 15) is 4.79 Å². The molecule has 0 radical (unpaired) electrons. The minimum absolute atomic E-state index is 0.0315. The Morgan fingerprint density at radius 1 is 1.31 bits per heavy atom. The lowest BCUT2D eigenvalue weighted by Gasteiger charge is -2.18. The predicted molar refractivity (Wildman–Crippen MR) is 99.2 cm³/mol. The summed E-state index contributed by atoms with van der Waals surface area (Å²) >= 11 is 0. The number of amides is 1. The van der Waals surface area contributed by atoms with E-state index in [0.717, 1.165) is 34.9 Å². The van der Waals surface area contributed by atoms with Gasteiger partial charge in [-0.1, -0.05) is 16.8 Å². The third-order valence-corrected chi connectivity index (χ3v) is 5.13. The third-order valence-electron chi connectivity index (χ3n) is 5.13. The van der Waals surface area contributed by atoms with Crippen molar-refractivity contribution in [2.24, 2.45) is 0 Å². The number of rotatable bonds is 5. The Morgan fingerprint density at radius 3 is 2.77 bits per heavy atom. The smallest absolute Gasteiger partial charge is 0.270 e. The lowest BCUT2D eigenvalue weighted by Crippen LogP contribution is -2.31. The number of hydrogen-bond acceptors (Lipinski definition) is 4. The SMILES string of the molecule is CCN(Cc1noc(C2CC2)n1)C(=O)c1[nH]c2c(C)cc(C)cc2c1C. The van der Waals surface area contributed by atoms with Crippen molar-refractivity contribution in [2.75, 3.05) is 6.54 Å². The fourth-order valence-electron chi connectivity index (χ4n) is 3.48. The summed E-state index contributed by atoms with van der Waals surface area (Å²) in [6.07, 6.45) is 2.23. The molecule has 1 saturated carbocycles. The molecule has 0 bridgehead atoms. The van der Waals surface area contributed by atoms with Crippen molar-refractivity contribution in [3.63, 3.8) is 0 Å². The lowest BCUT2D eigenvalue weighted by atomic mass is 10.1. The van der Waals surface area contributed by atoms with E-state index in [1.807, 2.05) is 13.8 Å². The molecule has 1 aromatic carbocycles. The lowest BCUT2D eigenvalue weighted by molar-refractivity contribution is 0.0741. The molecule has 3 aromatic rings. The molecule has 1 aliphatic carbocycles. The Hall–Kier alpha value is -2.63. The minimum atomic E-state index is -0.0315. The fourth-order valence-corrected chi connectivity index (χ4v) is 3.48. The highest BCUT2D eigenvalue weighted by Crippen LogP contribution is 2.38. The van der Waals surface area contributed by atoms with Crippen molar-refractivity contribution < 1.29 is 9.32 Å². The van der Waals surface area contributed by atoms with Crippen LogP contribution in [0.25, 0.3) is 10.9 Å². The highest BCUT2D eigenvalue weighted by atomic mass is 16.5. The van der Waals surface area contributed by atoms with Crippen LogP contribution in [0.5, 0.6) is 0 Å². The number of benzene rings is 1. The summed E-state index contributed by atoms with van der Waals surface area (Å²) in [5.41, 5.74) is 5.01. The molecular formula is C20H24N4O2. The van der Waals surface area contributed by atoms with Crippen LogP contribution >= 0.6 is 0 Å². The first-order valence-electron chi connectivity index (χ1n) is 9.19. The Labute approximate surface area is 152 Å². The quantitative estimate of drug-likeness (QED) is 0.752. The normalized spacial score (nSPS) is 14.2. The Balaban J connectivity index is 1.62. The molecule has 6 nitrogen and oxygen atoms in total. The largest absolute Gasteiger partial charge is 0.350 e. The van der Waals surface area contributed by atoms with Crippen molar-refractivity contribution in [3.05, 3.63) is 46.2 Å². The number of aryl methyl sites for hydroxylation is 3. The van der Waals surface area contributed by atoms with Gasteiger partial charge < -0.3 is 14.4 Å². The van der Waals surface area contributed by atoms with Crippen LogP contribution in [0.3, 0.4) is 0 Å². The molecule has 2 heterocycles. The van der Waals surface area contributed by atoms with Crippen LogP contribution in [0, 0.1) is 20.8 Å². The first kappa shape index (κ1) is 16.8. The first-order valence-corrected chi connectivity index (χ1v) is 9.19. The van der Waals surface area contributed by atoms with Gasteiger partial charge in [-0.3, -0.25) is 4.79 Å². The highest BCUT2D eigenvalue weighted by molar-refractivity contribution is 6.01. The van der Waals surface area contributed by atoms with E-state index in [0.29, 0.717) is 36.4 Å². The molecule has 136 valence electrons. The molecule has 4 rings (SSSR count). The van der Waals surface area contributed by atoms with E-state index < -0.39 is 0 Å². The molecule has 0 saturated heterocycles. The van der Waals surface area contributed by atoms with Gasteiger partial charge in [-0.05, 0) is 57.7 Å². The number of carbonyl (C=O) groups is 1. The van der Waals surface area contributed by atoms with Gasteiger partial charge >= 0.3 is 0 Å². The maximum atomic E-state index is 13.1. The summed E-state index contributed by atoms with van der Waals surface area (Å²) in [7, 11) is 0. The van der Waals surface area contributed by atoms with Gasteiger partial charge in [-0.25, -0.2) is 0 Å². The Bertz CT molecular complexity index is 981. The van der Waals surface area contributed by atoms with Gasteiger partial charge in [0.05, 0.1) is 6.54 Å². The second-order valence-electron chi connectivity index (χ2n) is 7.27. The summed E-state index contributed by atoms with van der Waals surface area (Å²) in [6.45, 7) is 9.05.